The number of halogens is 2. The van der Waals surface area contributed by atoms with Crippen LogP contribution in [0.25, 0.3) is 0 Å². The van der Waals surface area contributed by atoms with E-state index in [9.17, 15) is 0 Å². The Balaban J connectivity index is 2.06. The quantitative estimate of drug-likeness (QED) is 0.919. The van der Waals surface area contributed by atoms with Crippen LogP contribution in [0.3, 0.4) is 0 Å². The van der Waals surface area contributed by atoms with Gasteiger partial charge < -0.3 is 10.5 Å². The maximum Gasteiger partial charge on any atom is 0.138 e. The zero-order valence-corrected chi connectivity index (χ0v) is 11.8. The van der Waals surface area contributed by atoms with Gasteiger partial charge in [0, 0.05) is 18.0 Å². The van der Waals surface area contributed by atoms with E-state index < -0.39 is 0 Å². The van der Waals surface area contributed by atoms with Gasteiger partial charge >= 0.3 is 0 Å². The fraction of sp³-hybridized carbons (Fsp3) is 0.214. The average Bonchev–Trinajstić information content (AvgIpc) is 2.40. The minimum absolute atomic E-state index is 0.358. The van der Waals surface area contributed by atoms with Crippen LogP contribution in [0, 0.1) is 0 Å². The molecule has 0 saturated heterocycles. The molecule has 0 saturated carbocycles. The van der Waals surface area contributed by atoms with Gasteiger partial charge in [-0.05, 0) is 36.7 Å². The normalized spacial score (nSPS) is 10.5. The summed E-state index contributed by atoms with van der Waals surface area (Å²) in [7, 11) is 0. The monoisotopic (exact) mass is 296 g/mol. The van der Waals surface area contributed by atoms with Crippen LogP contribution < -0.4 is 10.5 Å². The Morgan fingerprint density at radius 3 is 2.68 bits per heavy atom. The third-order valence-corrected chi connectivity index (χ3v) is 3.30. The van der Waals surface area contributed by atoms with Gasteiger partial charge in [-0.15, -0.1) is 0 Å². The topological polar surface area (TPSA) is 48.1 Å². The van der Waals surface area contributed by atoms with Crippen molar-refractivity contribution in [2.24, 2.45) is 5.73 Å². The number of benzene rings is 1. The van der Waals surface area contributed by atoms with Crippen LogP contribution >= 0.6 is 23.2 Å². The van der Waals surface area contributed by atoms with Gasteiger partial charge in [0.15, 0.2) is 0 Å². The predicted molar refractivity (Wildman–Crippen MR) is 77.8 cm³/mol. The maximum atomic E-state index is 6.16. The molecule has 0 spiro atoms. The van der Waals surface area contributed by atoms with Crippen LogP contribution in [0.2, 0.25) is 10.0 Å². The smallest absolute Gasteiger partial charge is 0.138 e. The Labute approximate surface area is 122 Å². The largest absolute Gasteiger partial charge is 0.487 e. The van der Waals surface area contributed by atoms with E-state index in [-0.39, 0.29) is 0 Å². The molecule has 3 nitrogen and oxygen atoms in total. The molecular formula is C14H14Cl2N2O. The summed E-state index contributed by atoms with van der Waals surface area (Å²) < 4.78 is 5.66. The summed E-state index contributed by atoms with van der Waals surface area (Å²) in [6.45, 7) is 0.959. The summed E-state index contributed by atoms with van der Waals surface area (Å²) in [5.41, 5.74) is 7.48. The summed E-state index contributed by atoms with van der Waals surface area (Å²) in [5.74, 6) is 0.635. The molecule has 1 aromatic heterocycles. The number of pyridine rings is 1. The second-order valence-electron chi connectivity index (χ2n) is 4.06. The zero-order valence-electron chi connectivity index (χ0n) is 10.3. The van der Waals surface area contributed by atoms with E-state index in [1.54, 1.807) is 12.4 Å². The Morgan fingerprint density at radius 2 is 2.00 bits per heavy atom. The lowest BCUT2D eigenvalue weighted by Gasteiger charge is -2.10. The lowest BCUT2D eigenvalue weighted by Crippen LogP contribution is -2.03. The summed E-state index contributed by atoms with van der Waals surface area (Å²) in [6, 6.07) is 7.50. The molecule has 100 valence electrons. The van der Waals surface area contributed by atoms with Crippen LogP contribution in [-0.4, -0.2) is 11.5 Å². The van der Waals surface area contributed by atoms with Crippen molar-refractivity contribution in [1.29, 1.82) is 0 Å². The van der Waals surface area contributed by atoms with E-state index in [4.69, 9.17) is 33.7 Å². The highest BCUT2D eigenvalue weighted by atomic mass is 35.5. The molecule has 1 heterocycles. The Bertz CT molecular complexity index is 561. The summed E-state index contributed by atoms with van der Waals surface area (Å²) in [5, 5.41) is 1.16. The molecule has 0 aliphatic carbocycles. The van der Waals surface area contributed by atoms with Crippen LogP contribution in [0.15, 0.2) is 36.7 Å². The fourth-order valence-electron chi connectivity index (χ4n) is 1.66. The molecular weight excluding hydrogens is 283 g/mol. The molecule has 5 heteroatoms. The van der Waals surface area contributed by atoms with Gasteiger partial charge in [-0.1, -0.05) is 29.3 Å². The molecule has 0 unspecified atom stereocenters. The Hall–Kier alpha value is -1.29. The predicted octanol–water partition coefficient (Wildman–Crippen LogP) is 3.47. The number of nitrogens with zero attached hydrogens (tertiary/aromatic N) is 1. The molecule has 2 rings (SSSR count). The van der Waals surface area contributed by atoms with E-state index in [1.165, 1.54) is 0 Å². The molecule has 1 aromatic carbocycles. The molecule has 2 N–H and O–H groups in total. The number of hydrogen-bond acceptors (Lipinski definition) is 3. The van der Waals surface area contributed by atoms with Crippen molar-refractivity contribution >= 4 is 23.2 Å². The van der Waals surface area contributed by atoms with Crippen molar-refractivity contribution in [2.75, 3.05) is 6.54 Å². The SMILES string of the molecule is NCCc1ccc(OCc2ccncc2Cl)c(Cl)c1. The van der Waals surface area contributed by atoms with E-state index >= 15 is 0 Å². The molecule has 0 radical (unpaired) electrons. The molecule has 19 heavy (non-hydrogen) atoms. The summed E-state index contributed by atoms with van der Waals surface area (Å²) in [6.07, 6.45) is 4.07. The lowest BCUT2D eigenvalue weighted by atomic mass is 10.1. The Morgan fingerprint density at radius 1 is 1.16 bits per heavy atom. The molecule has 0 fully saturated rings. The first kappa shape index (κ1) is 14.1. The minimum atomic E-state index is 0.358. The zero-order chi connectivity index (χ0) is 13.7. The summed E-state index contributed by atoms with van der Waals surface area (Å²) >= 11 is 12.2. The van der Waals surface area contributed by atoms with Gasteiger partial charge in [-0.3, -0.25) is 4.98 Å². The molecule has 0 aliphatic heterocycles. The van der Waals surface area contributed by atoms with Crippen LogP contribution in [-0.2, 0) is 13.0 Å². The highest BCUT2D eigenvalue weighted by Crippen LogP contribution is 2.27. The molecule has 0 amide bonds. The van der Waals surface area contributed by atoms with Crippen molar-refractivity contribution < 1.29 is 4.74 Å². The number of rotatable bonds is 5. The first-order valence-corrected chi connectivity index (χ1v) is 6.66. The fourth-order valence-corrected chi connectivity index (χ4v) is 2.09. The maximum absolute atomic E-state index is 6.16. The van der Waals surface area contributed by atoms with E-state index in [2.05, 4.69) is 4.98 Å². The van der Waals surface area contributed by atoms with Crippen molar-refractivity contribution in [1.82, 2.24) is 4.98 Å². The standard InChI is InChI=1S/C14H14Cl2N2O/c15-12-7-10(3-5-17)1-2-14(12)19-9-11-4-6-18-8-13(11)16/h1-2,4,6-8H,3,5,9,17H2. The van der Waals surface area contributed by atoms with Gasteiger partial charge in [0.1, 0.15) is 12.4 Å². The Kier molecular flexibility index (Phi) is 5.02. The van der Waals surface area contributed by atoms with Crippen molar-refractivity contribution in [3.63, 3.8) is 0 Å². The third kappa shape index (κ3) is 3.83. The molecule has 0 atom stereocenters. The second-order valence-corrected chi connectivity index (χ2v) is 4.87. The number of hydrogen-bond donors (Lipinski definition) is 1. The number of nitrogens with two attached hydrogens (primary N) is 1. The van der Waals surface area contributed by atoms with E-state index in [1.807, 2.05) is 24.3 Å². The lowest BCUT2D eigenvalue weighted by molar-refractivity contribution is 0.306. The minimum Gasteiger partial charge on any atom is -0.487 e. The van der Waals surface area contributed by atoms with Gasteiger partial charge in [0.2, 0.25) is 0 Å². The second kappa shape index (κ2) is 6.75. The molecule has 0 bridgehead atoms. The van der Waals surface area contributed by atoms with Gasteiger partial charge in [-0.25, -0.2) is 0 Å². The van der Waals surface area contributed by atoms with Gasteiger partial charge in [0.05, 0.1) is 10.0 Å². The van der Waals surface area contributed by atoms with Gasteiger partial charge in [0.25, 0.3) is 0 Å². The van der Waals surface area contributed by atoms with Crippen molar-refractivity contribution in [3.8, 4) is 5.75 Å². The first-order chi connectivity index (χ1) is 9.20. The van der Waals surface area contributed by atoms with Crippen molar-refractivity contribution in [2.45, 2.75) is 13.0 Å². The third-order valence-electron chi connectivity index (χ3n) is 2.67. The van der Waals surface area contributed by atoms with Crippen LogP contribution in [0.1, 0.15) is 11.1 Å². The summed E-state index contributed by atoms with van der Waals surface area (Å²) in [4.78, 5) is 3.92. The van der Waals surface area contributed by atoms with Crippen LogP contribution in [0.4, 0.5) is 0 Å². The van der Waals surface area contributed by atoms with Crippen LogP contribution in [0.5, 0.6) is 5.75 Å². The highest BCUT2D eigenvalue weighted by Gasteiger charge is 2.05. The van der Waals surface area contributed by atoms with Gasteiger partial charge in [-0.2, -0.15) is 0 Å². The van der Waals surface area contributed by atoms with E-state index in [0.717, 1.165) is 17.5 Å². The van der Waals surface area contributed by atoms with E-state index in [0.29, 0.717) is 28.9 Å². The van der Waals surface area contributed by atoms with Crippen molar-refractivity contribution in [3.05, 3.63) is 57.8 Å². The average molecular weight is 297 g/mol. The molecule has 2 aromatic rings. The first-order valence-electron chi connectivity index (χ1n) is 5.90. The number of aromatic nitrogens is 1. The highest BCUT2D eigenvalue weighted by molar-refractivity contribution is 6.32. The number of ether oxygens (including phenoxy) is 1. The molecule has 0 aliphatic rings.